The largest absolute Gasteiger partial charge is 0.351 e. The minimum Gasteiger partial charge on any atom is -0.351 e. The van der Waals surface area contributed by atoms with Gasteiger partial charge in [-0.05, 0) is 74.8 Å². The molecule has 2 aromatic carbocycles. The van der Waals surface area contributed by atoms with Crippen LogP contribution in [0.3, 0.4) is 0 Å². The van der Waals surface area contributed by atoms with Crippen molar-refractivity contribution in [3.63, 3.8) is 0 Å². The molecule has 29 heavy (non-hydrogen) atoms. The van der Waals surface area contributed by atoms with Crippen LogP contribution in [0.4, 0.5) is 14.5 Å². The number of benzene rings is 2. The minimum absolute atomic E-state index is 0.134. The molecule has 154 valence electrons. The summed E-state index contributed by atoms with van der Waals surface area (Å²) in [7, 11) is 0. The van der Waals surface area contributed by atoms with Crippen LogP contribution in [0.25, 0.3) is 0 Å². The van der Waals surface area contributed by atoms with Gasteiger partial charge < -0.3 is 15.5 Å². The molecule has 1 aliphatic rings. The third kappa shape index (κ3) is 5.84. The quantitative estimate of drug-likeness (QED) is 0.775. The molecule has 0 aliphatic carbocycles. The molecule has 7 heteroatoms. The predicted molar refractivity (Wildman–Crippen MR) is 108 cm³/mol. The molecule has 1 heterocycles. The van der Waals surface area contributed by atoms with Crippen LogP contribution in [0, 0.1) is 18.6 Å². The van der Waals surface area contributed by atoms with Gasteiger partial charge in [-0.3, -0.25) is 9.59 Å². The predicted octanol–water partition coefficient (Wildman–Crippen LogP) is 3.74. The number of carbonyl (C=O) groups excluding carboxylic acids is 2. The molecule has 0 radical (unpaired) electrons. The lowest BCUT2D eigenvalue weighted by molar-refractivity contribution is 0.0944. The molecule has 2 aromatic rings. The zero-order valence-electron chi connectivity index (χ0n) is 16.4. The Labute approximate surface area is 169 Å². The highest BCUT2D eigenvalue weighted by Gasteiger charge is 2.14. The number of hydrogen-bond donors (Lipinski definition) is 2. The third-order valence-corrected chi connectivity index (χ3v) is 5.00. The second kappa shape index (κ2) is 9.60. The van der Waals surface area contributed by atoms with E-state index in [1.807, 2.05) is 0 Å². The first kappa shape index (κ1) is 20.9. The van der Waals surface area contributed by atoms with E-state index in [0.29, 0.717) is 12.1 Å². The standard InChI is InChI=1S/C22H25F2N3O2/c1-15-11-16(5-6-20(15)24)22(29)26-19-13-17(12-18(23)14-19)21(28)25-7-10-27-8-3-2-4-9-27/h5-6,11-14H,2-4,7-10H2,1H3,(H,25,28)(H,26,29). The second-order valence-corrected chi connectivity index (χ2v) is 7.30. The van der Waals surface area contributed by atoms with Gasteiger partial charge in [0.15, 0.2) is 0 Å². The van der Waals surface area contributed by atoms with Crippen LogP contribution in [-0.2, 0) is 0 Å². The minimum atomic E-state index is -0.626. The van der Waals surface area contributed by atoms with Crippen molar-refractivity contribution in [3.05, 3.63) is 64.7 Å². The Morgan fingerprint density at radius 2 is 1.72 bits per heavy atom. The summed E-state index contributed by atoms with van der Waals surface area (Å²) in [5.74, 6) is -1.93. The van der Waals surface area contributed by atoms with Gasteiger partial charge >= 0.3 is 0 Å². The van der Waals surface area contributed by atoms with Crippen LogP contribution in [0.15, 0.2) is 36.4 Å². The van der Waals surface area contributed by atoms with E-state index >= 15 is 0 Å². The van der Waals surface area contributed by atoms with Crippen molar-refractivity contribution in [2.45, 2.75) is 26.2 Å². The summed E-state index contributed by atoms with van der Waals surface area (Å²) in [5, 5.41) is 5.36. The van der Waals surface area contributed by atoms with Gasteiger partial charge in [0, 0.05) is 29.9 Å². The highest BCUT2D eigenvalue weighted by molar-refractivity contribution is 6.05. The van der Waals surface area contributed by atoms with Crippen molar-refractivity contribution in [2.24, 2.45) is 0 Å². The van der Waals surface area contributed by atoms with Crippen molar-refractivity contribution in [1.82, 2.24) is 10.2 Å². The van der Waals surface area contributed by atoms with E-state index < -0.39 is 23.4 Å². The SMILES string of the molecule is Cc1cc(C(=O)Nc2cc(F)cc(C(=O)NCCN3CCCCC3)c2)ccc1F. The number of halogens is 2. The van der Waals surface area contributed by atoms with Crippen molar-refractivity contribution in [1.29, 1.82) is 0 Å². The molecule has 0 saturated carbocycles. The van der Waals surface area contributed by atoms with Gasteiger partial charge in [-0.25, -0.2) is 8.78 Å². The number of anilines is 1. The zero-order valence-corrected chi connectivity index (χ0v) is 16.4. The zero-order chi connectivity index (χ0) is 20.8. The van der Waals surface area contributed by atoms with Crippen molar-refractivity contribution >= 4 is 17.5 Å². The van der Waals surface area contributed by atoms with E-state index in [0.717, 1.165) is 31.8 Å². The molecule has 2 N–H and O–H groups in total. The van der Waals surface area contributed by atoms with Crippen LogP contribution >= 0.6 is 0 Å². The second-order valence-electron chi connectivity index (χ2n) is 7.30. The van der Waals surface area contributed by atoms with Crippen LogP contribution in [0.5, 0.6) is 0 Å². The lowest BCUT2D eigenvalue weighted by Crippen LogP contribution is -2.37. The number of carbonyl (C=O) groups is 2. The van der Waals surface area contributed by atoms with Crippen molar-refractivity contribution in [2.75, 3.05) is 31.5 Å². The topological polar surface area (TPSA) is 61.4 Å². The highest BCUT2D eigenvalue weighted by Crippen LogP contribution is 2.17. The Kier molecular flexibility index (Phi) is 6.93. The Hall–Kier alpha value is -2.80. The fourth-order valence-electron chi connectivity index (χ4n) is 3.39. The molecule has 1 aliphatic heterocycles. The summed E-state index contributed by atoms with van der Waals surface area (Å²) < 4.78 is 27.4. The van der Waals surface area contributed by atoms with Crippen molar-refractivity contribution in [3.8, 4) is 0 Å². The number of nitrogens with one attached hydrogen (secondary N) is 2. The number of nitrogens with zero attached hydrogens (tertiary/aromatic N) is 1. The Bertz CT molecular complexity index is 896. The average Bonchev–Trinajstić information content (AvgIpc) is 2.70. The molecular weight excluding hydrogens is 376 g/mol. The molecule has 3 rings (SSSR count). The maximum atomic E-state index is 14.0. The average molecular weight is 401 g/mol. The molecule has 0 bridgehead atoms. The van der Waals surface area contributed by atoms with Crippen molar-refractivity contribution < 1.29 is 18.4 Å². The third-order valence-electron chi connectivity index (χ3n) is 5.00. The maximum Gasteiger partial charge on any atom is 0.255 e. The summed E-state index contributed by atoms with van der Waals surface area (Å²) in [6.07, 6.45) is 3.60. The number of amides is 2. The van der Waals surface area contributed by atoms with E-state index in [1.54, 1.807) is 6.92 Å². The summed E-state index contributed by atoms with van der Waals surface area (Å²) in [6, 6.07) is 7.67. The Morgan fingerprint density at radius 3 is 2.45 bits per heavy atom. The smallest absolute Gasteiger partial charge is 0.255 e. The Morgan fingerprint density at radius 1 is 0.966 bits per heavy atom. The molecule has 1 fully saturated rings. The van der Waals surface area contributed by atoms with Gasteiger partial charge in [0.05, 0.1) is 0 Å². The normalized spacial score (nSPS) is 14.4. The number of piperidine rings is 1. The molecule has 5 nitrogen and oxygen atoms in total. The van der Waals surface area contributed by atoms with Gasteiger partial charge in [-0.2, -0.15) is 0 Å². The lowest BCUT2D eigenvalue weighted by atomic mass is 10.1. The summed E-state index contributed by atoms with van der Waals surface area (Å²) >= 11 is 0. The molecule has 0 atom stereocenters. The highest BCUT2D eigenvalue weighted by atomic mass is 19.1. The van der Waals surface area contributed by atoms with Crippen LogP contribution in [-0.4, -0.2) is 42.9 Å². The summed E-state index contributed by atoms with van der Waals surface area (Å²) in [6.45, 7) is 4.87. The van der Waals surface area contributed by atoms with E-state index in [-0.39, 0.29) is 16.8 Å². The molecule has 0 unspecified atom stereocenters. The van der Waals surface area contributed by atoms with Gasteiger partial charge in [0.2, 0.25) is 0 Å². The van der Waals surface area contributed by atoms with Crippen LogP contribution in [0.2, 0.25) is 0 Å². The molecule has 0 spiro atoms. The maximum absolute atomic E-state index is 14.0. The van der Waals surface area contributed by atoms with Crippen LogP contribution < -0.4 is 10.6 Å². The van der Waals surface area contributed by atoms with E-state index in [1.165, 1.54) is 43.5 Å². The van der Waals surface area contributed by atoms with Gasteiger partial charge in [-0.1, -0.05) is 6.42 Å². The number of aryl methyl sites for hydroxylation is 1. The fourth-order valence-corrected chi connectivity index (χ4v) is 3.39. The van der Waals surface area contributed by atoms with E-state index in [9.17, 15) is 18.4 Å². The first-order valence-electron chi connectivity index (χ1n) is 9.81. The first-order chi connectivity index (χ1) is 13.9. The molecule has 0 aromatic heterocycles. The number of rotatable bonds is 6. The van der Waals surface area contributed by atoms with Crippen LogP contribution in [0.1, 0.15) is 45.5 Å². The van der Waals surface area contributed by atoms with Gasteiger partial charge in [0.1, 0.15) is 11.6 Å². The number of likely N-dealkylation sites (tertiary alicyclic amines) is 1. The summed E-state index contributed by atoms with van der Waals surface area (Å²) in [4.78, 5) is 27.0. The number of hydrogen-bond acceptors (Lipinski definition) is 3. The fraction of sp³-hybridized carbons (Fsp3) is 0.364. The molecule has 2 amide bonds. The molecular formula is C22H25F2N3O2. The Balaban J connectivity index is 1.61. The monoisotopic (exact) mass is 401 g/mol. The van der Waals surface area contributed by atoms with Gasteiger partial charge in [-0.15, -0.1) is 0 Å². The molecule has 1 saturated heterocycles. The first-order valence-corrected chi connectivity index (χ1v) is 9.81. The van der Waals surface area contributed by atoms with Gasteiger partial charge in [0.25, 0.3) is 11.8 Å². The van der Waals surface area contributed by atoms with E-state index in [2.05, 4.69) is 15.5 Å². The summed E-state index contributed by atoms with van der Waals surface area (Å²) in [5.41, 5.74) is 0.888. The lowest BCUT2D eigenvalue weighted by Gasteiger charge is -2.26. The van der Waals surface area contributed by atoms with E-state index in [4.69, 9.17) is 0 Å².